The summed E-state index contributed by atoms with van der Waals surface area (Å²) in [4.78, 5) is 26.5. The molecule has 0 saturated carbocycles. The van der Waals surface area contributed by atoms with Crippen LogP contribution in [0.4, 0.5) is 19.0 Å². The first-order chi connectivity index (χ1) is 11.4. The Labute approximate surface area is 137 Å². The number of hydrazine groups is 1. The molecule has 0 fully saturated rings. The number of nitrogens with zero attached hydrogens (tertiary/aromatic N) is 3. The van der Waals surface area contributed by atoms with Gasteiger partial charge in [0.05, 0.1) is 16.9 Å². The second-order valence-corrected chi connectivity index (χ2v) is 5.00. The lowest BCUT2D eigenvalue weighted by atomic mass is 10.1. The van der Waals surface area contributed by atoms with Crippen molar-refractivity contribution in [2.75, 3.05) is 5.43 Å². The molecule has 3 aromatic rings. The maximum atomic E-state index is 12.8. The first-order valence-electron chi connectivity index (χ1n) is 6.43. The van der Waals surface area contributed by atoms with E-state index in [1.54, 1.807) is 0 Å². The second-order valence-electron chi connectivity index (χ2n) is 4.59. The molecule has 3 N–H and O–H groups in total. The highest BCUT2D eigenvalue weighted by Crippen LogP contribution is 2.35. The summed E-state index contributed by atoms with van der Waals surface area (Å²) in [5.41, 5.74) is 4.27. The van der Waals surface area contributed by atoms with Gasteiger partial charge in [-0.1, -0.05) is 11.6 Å². The van der Waals surface area contributed by atoms with Gasteiger partial charge in [-0.2, -0.15) is 13.2 Å². The third kappa shape index (κ3) is 3.08. The number of carbonyl (C=O) groups is 1. The van der Waals surface area contributed by atoms with Gasteiger partial charge in [0.1, 0.15) is 11.8 Å². The summed E-state index contributed by atoms with van der Waals surface area (Å²) in [6.45, 7) is 0. The van der Waals surface area contributed by atoms with Gasteiger partial charge < -0.3 is 4.98 Å². The fraction of sp³-hybridized carbons (Fsp3) is 0.0769. The number of aromatic amines is 1. The number of amides is 1. The average Bonchev–Trinajstić information content (AvgIpc) is 3.01. The molecular weight excluding hydrogens is 349 g/mol. The van der Waals surface area contributed by atoms with Crippen molar-refractivity contribution in [2.45, 2.75) is 6.18 Å². The molecule has 0 spiro atoms. The second kappa shape index (κ2) is 5.96. The standard InChI is InChI=1S/C13H8ClF3N6O/c14-8-2-1-6(3-7(8)13(15,16)17)12(24)23-22-11-9-10(19-4-18-9)20-5-21-11/h1-5H,(H,23,24)(H2,18,19,20,21,22). The number of aromatic nitrogens is 4. The van der Waals surface area contributed by atoms with E-state index in [2.05, 4.69) is 30.8 Å². The zero-order valence-electron chi connectivity index (χ0n) is 11.6. The average molecular weight is 357 g/mol. The molecule has 0 aliphatic carbocycles. The number of nitrogens with one attached hydrogen (secondary N) is 3. The van der Waals surface area contributed by atoms with Gasteiger partial charge in [-0.25, -0.2) is 15.0 Å². The summed E-state index contributed by atoms with van der Waals surface area (Å²) in [5, 5.41) is -0.484. The molecule has 0 unspecified atom stereocenters. The van der Waals surface area contributed by atoms with Crippen LogP contribution in [0.2, 0.25) is 5.02 Å². The van der Waals surface area contributed by atoms with E-state index in [9.17, 15) is 18.0 Å². The topological polar surface area (TPSA) is 95.6 Å². The van der Waals surface area contributed by atoms with Crippen molar-refractivity contribution in [1.29, 1.82) is 0 Å². The van der Waals surface area contributed by atoms with Gasteiger partial charge in [0.2, 0.25) is 0 Å². The van der Waals surface area contributed by atoms with Crippen molar-refractivity contribution in [3.63, 3.8) is 0 Å². The van der Waals surface area contributed by atoms with Crippen LogP contribution in [0.25, 0.3) is 11.2 Å². The molecular formula is C13H8ClF3N6O. The zero-order valence-corrected chi connectivity index (χ0v) is 12.4. The SMILES string of the molecule is O=C(NNc1ncnc2nc[nH]c12)c1ccc(Cl)c(C(F)(F)F)c1. The Kier molecular flexibility index (Phi) is 3.97. The number of hydrogen-bond acceptors (Lipinski definition) is 5. The highest BCUT2D eigenvalue weighted by Gasteiger charge is 2.33. The summed E-state index contributed by atoms with van der Waals surface area (Å²) in [6, 6.07) is 2.86. The number of fused-ring (bicyclic) bond motifs is 1. The fourth-order valence-corrected chi connectivity index (χ4v) is 2.16. The minimum absolute atomic E-state index is 0.214. The van der Waals surface area contributed by atoms with Crippen LogP contribution < -0.4 is 10.9 Å². The molecule has 1 aromatic carbocycles. The lowest BCUT2D eigenvalue weighted by Crippen LogP contribution is -2.30. The normalized spacial score (nSPS) is 11.5. The Morgan fingerprint density at radius 1 is 1.21 bits per heavy atom. The van der Waals surface area contributed by atoms with Crippen LogP contribution in [0, 0.1) is 0 Å². The predicted molar refractivity (Wildman–Crippen MR) is 79.2 cm³/mol. The Balaban J connectivity index is 1.79. The van der Waals surface area contributed by atoms with Crippen LogP contribution in [0.5, 0.6) is 0 Å². The summed E-state index contributed by atoms with van der Waals surface area (Å²) >= 11 is 5.52. The Hall–Kier alpha value is -2.88. The zero-order chi connectivity index (χ0) is 17.3. The van der Waals surface area contributed by atoms with E-state index >= 15 is 0 Å². The number of carbonyl (C=O) groups excluding carboxylic acids is 1. The van der Waals surface area contributed by atoms with Crippen LogP contribution in [0.1, 0.15) is 15.9 Å². The fourth-order valence-electron chi connectivity index (χ4n) is 1.93. The summed E-state index contributed by atoms with van der Waals surface area (Å²) in [5.74, 6) is -0.570. The van der Waals surface area contributed by atoms with E-state index in [1.807, 2.05) is 0 Å². The number of alkyl halides is 3. The molecule has 0 radical (unpaired) electrons. The number of rotatable bonds is 3. The monoisotopic (exact) mass is 356 g/mol. The molecule has 0 aliphatic heterocycles. The van der Waals surface area contributed by atoms with E-state index in [4.69, 9.17) is 11.6 Å². The van der Waals surface area contributed by atoms with E-state index < -0.39 is 22.7 Å². The first-order valence-corrected chi connectivity index (χ1v) is 6.81. The highest BCUT2D eigenvalue weighted by molar-refractivity contribution is 6.31. The van der Waals surface area contributed by atoms with Crippen LogP contribution in [-0.4, -0.2) is 25.8 Å². The van der Waals surface area contributed by atoms with Crippen molar-refractivity contribution in [3.05, 3.63) is 47.0 Å². The largest absolute Gasteiger partial charge is 0.417 e. The third-order valence-corrected chi connectivity index (χ3v) is 3.38. The van der Waals surface area contributed by atoms with Gasteiger partial charge >= 0.3 is 6.18 Å². The van der Waals surface area contributed by atoms with Gasteiger partial charge in [-0.15, -0.1) is 0 Å². The molecule has 0 aliphatic rings. The summed E-state index contributed by atoms with van der Waals surface area (Å²) in [6.07, 6.45) is -2.04. The molecule has 0 bridgehead atoms. The van der Waals surface area contributed by atoms with Crippen molar-refractivity contribution in [1.82, 2.24) is 25.4 Å². The smallest absolute Gasteiger partial charge is 0.340 e. The number of benzene rings is 1. The predicted octanol–water partition coefficient (Wildman–Crippen LogP) is 2.78. The quantitative estimate of drug-likeness (QED) is 0.627. The number of hydrogen-bond donors (Lipinski definition) is 3. The van der Waals surface area contributed by atoms with E-state index in [0.717, 1.165) is 6.07 Å². The number of imidazole rings is 1. The molecule has 2 aromatic heterocycles. The van der Waals surface area contributed by atoms with Crippen LogP contribution in [0.15, 0.2) is 30.9 Å². The molecule has 1 amide bonds. The van der Waals surface area contributed by atoms with E-state index in [1.165, 1.54) is 18.7 Å². The van der Waals surface area contributed by atoms with Crippen molar-refractivity contribution in [3.8, 4) is 0 Å². The van der Waals surface area contributed by atoms with Crippen molar-refractivity contribution in [2.24, 2.45) is 0 Å². The first kappa shape index (κ1) is 16.0. The molecule has 7 nitrogen and oxygen atoms in total. The third-order valence-electron chi connectivity index (χ3n) is 3.05. The maximum absolute atomic E-state index is 12.8. The highest BCUT2D eigenvalue weighted by atomic mass is 35.5. The number of anilines is 1. The molecule has 0 saturated heterocycles. The Morgan fingerprint density at radius 3 is 2.75 bits per heavy atom. The summed E-state index contributed by atoms with van der Waals surface area (Å²) < 4.78 is 38.5. The molecule has 0 atom stereocenters. The van der Waals surface area contributed by atoms with Crippen LogP contribution in [-0.2, 0) is 6.18 Å². The lowest BCUT2D eigenvalue weighted by Gasteiger charge is -2.12. The van der Waals surface area contributed by atoms with Gasteiger partial charge in [0.15, 0.2) is 11.5 Å². The molecule has 24 heavy (non-hydrogen) atoms. The molecule has 124 valence electrons. The lowest BCUT2D eigenvalue weighted by molar-refractivity contribution is -0.137. The number of halogens is 4. The Morgan fingerprint density at radius 2 is 2.00 bits per heavy atom. The van der Waals surface area contributed by atoms with Gasteiger partial charge in [-0.05, 0) is 18.2 Å². The maximum Gasteiger partial charge on any atom is 0.417 e. The van der Waals surface area contributed by atoms with Crippen molar-refractivity contribution >= 4 is 34.5 Å². The van der Waals surface area contributed by atoms with E-state index in [0.29, 0.717) is 17.2 Å². The molecule has 2 heterocycles. The Bertz CT molecular complexity index is 910. The van der Waals surface area contributed by atoms with Crippen molar-refractivity contribution < 1.29 is 18.0 Å². The minimum Gasteiger partial charge on any atom is -0.340 e. The van der Waals surface area contributed by atoms with Gasteiger partial charge in [0, 0.05) is 5.56 Å². The van der Waals surface area contributed by atoms with Gasteiger partial charge in [0.25, 0.3) is 5.91 Å². The molecule has 11 heteroatoms. The summed E-state index contributed by atoms with van der Waals surface area (Å²) in [7, 11) is 0. The minimum atomic E-state index is -4.66. The molecule has 3 rings (SSSR count). The number of H-pyrrole nitrogens is 1. The van der Waals surface area contributed by atoms with Crippen LogP contribution >= 0.6 is 11.6 Å². The van der Waals surface area contributed by atoms with Crippen LogP contribution in [0.3, 0.4) is 0 Å². The van der Waals surface area contributed by atoms with E-state index in [-0.39, 0.29) is 11.4 Å². The van der Waals surface area contributed by atoms with Gasteiger partial charge in [-0.3, -0.25) is 15.6 Å².